The van der Waals surface area contributed by atoms with Crippen LogP contribution >= 0.6 is 0 Å². The minimum Gasteiger partial charge on any atom is -0.425 e. The van der Waals surface area contributed by atoms with E-state index in [0.29, 0.717) is 11.5 Å². The van der Waals surface area contributed by atoms with E-state index in [4.69, 9.17) is 9.47 Å². The van der Waals surface area contributed by atoms with Gasteiger partial charge in [-0.1, -0.05) is 96.1 Å². The van der Waals surface area contributed by atoms with Crippen LogP contribution in [0.3, 0.4) is 0 Å². The van der Waals surface area contributed by atoms with Crippen LogP contribution in [-0.4, -0.2) is 11.9 Å². The molecule has 4 heteroatoms. The van der Waals surface area contributed by atoms with E-state index in [1.165, 1.54) is 13.8 Å². The van der Waals surface area contributed by atoms with Crippen LogP contribution in [0.2, 0.25) is 0 Å². The highest BCUT2D eigenvalue weighted by atomic mass is 16.5. The highest BCUT2D eigenvalue weighted by Gasteiger charge is 2.23. The summed E-state index contributed by atoms with van der Waals surface area (Å²) in [6.45, 7) is 6.99. The first-order valence-corrected chi connectivity index (χ1v) is 12.6. The number of hydrogen-bond acceptors (Lipinski definition) is 4. The molecule has 4 nitrogen and oxygen atoms in total. The Bertz CT molecular complexity index is 1810. The van der Waals surface area contributed by atoms with E-state index in [1.54, 1.807) is 0 Å². The summed E-state index contributed by atoms with van der Waals surface area (Å²) in [6.07, 6.45) is 0. The molecule has 0 aliphatic carbocycles. The predicted octanol–water partition coefficient (Wildman–Crippen LogP) is 8.43. The van der Waals surface area contributed by atoms with E-state index in [9.17, 15) is 9.59 Å². The molecule has 0 aliphatic heterocycles. The Morgan fingerprint density at radius 3 is 1.18 bits per heavy atom. The smallest absolute Gasteiger partial charge is 0.308 e. The normalized spacial score (nSPS) is 11.4. The number of benzene rings is 6. The maximum absolute atomic E-state index is 12.2. The average Bonchev–Trinajstić information content (AvgIpc) is 2.89. The Morgan fingerprint density at radius 2 is 0.816 bits per heavy atom. The van der Waals surface area contributed by atoms with Crippen molar-refractivity contribution in [1.82, 2.24) is 0 Å². The van der Waals surface area contributed by atoms with Gasteiger partial charge in [-0.05, 0) is 46.5 Å². The van der Waals surface area contributed by atoms with Crippen molar-refractivity contribution in [1.29, 1.82) is 0 Å². The molecule has 0 fully saturated rings. The van der Waals surface area contributed by atoms with Gasteiger partial charge in [0.25, 0.3) is 0 Å². The van der Waals surface area contributed by atoms with Crippen molar-refractivity contribution in [3.63, 3.8) is 0 Å². The molecule has 0 N–H and O–H groups in total. The summed E-state index contributed by atoms with van der Waals surface area (Å²) in [5, 5.41) is 7.42. The van der Waals surface area contributed by atoms with E-state index in [0.717, 1.165) is 65.3 Å². The summed E-state index contributed by atoms with van der Waals surface area (Å²) in [6, 6.07) is 28.5. The molecule has 186 valence electrons. The van der Waals surface area contributed by atoms with Crippen molar-refractivity contribution in [2.75, 3.05) is 0 Å². The van der Waals surface area contributed by atoms with Crippen molar-refractivity contribution in [3.8, 4) is 22.6 Å². The summed E-state index contributed by atoms with van der Waals surface area (Å²) in [7, 11) is 0. The van der Waals surface area contributed by atoms with Gasteiger partial charge in [0.2, 0.25) is 0 Å². The number of fused-ring (bicyclic) bond motifs is 4. The van der Waals surface area contributed by atoms with Gasteiger partial charge in [-0.3, -0.25) is 9.59 Å². The molecule has 0 bridgehead atoms. The van der Waals surface area contributed by atoms with Gasteiger partial charge in [-0.15, -0.1) is 0 Å². The average molecular weight is 499 g/mol. The summed E-state index contributed by atoms with van der Waals surface area (Å²) >= 11 is 0. The Balaban J connectivity index is 1.91. The fraction of sp³-hybridized carbons (Fsp3) is 0.118. The third kappa shape index (κ3) is 3.77. The second kappa shape index (κ2) is 9.00. The number of carbonyl (C=O) groups excluding carboxylic acids is 2. The van der Waals surface area contributed by atoms with Crippen LogP contribution in [0.25, 0.3) is 54.2 Å². The van der Waals surface area contributed by atoms with E-state index in [-0.39, 0.29) is 11.9 Å². The zero-order valence-corrected chi connectivity index (χ0v) is 21.7. The van der Waals surface area contributed by atoms with Crippen molar-refractivity contribution in [2.24, 2.45) is 0 Å². The van der Waals surface area contributed by atoms with Gasteiger partial charge in [-0.2, -0.15) is 0 Å². The van der Waals surface area contributed by atoms with Crippen LogP contribution in [-0.2, 0) is 9.59 Å². The molecule has 6 rings (SSSR count). The molecule has 0 aliphatic rings. The third-order valence-electron chi connectivity index (χ3n) is 7.00. The van der Waals surface area contributed by atoms with Gasteiger partial charge in [-0.25, -0.2) is 0 Å². The first-order valence-electron chi connectivity index (χ1n) is 12.6. The van der Waals surface area contributed by atoms with E-state index < -0.39 is 0 Å². The molecule has 0 aromatic heterocycles. The summed E-state index contributed by atoms with van der Waals surface area (Å²) in [5.74, 6) is 0.408. The summed E-state index contributed by atoms with van der Waals surface area (Å²) in [4.78, 5) is 24.3. The molecule has 38 heavy (non-hydrogen) atoms. The monoisotopic (exact) mass is 498 g/mol. The zero-order chi connectivity index (χ0) is 26.6. The van der Waals surface area contributed by atoms with Gasteiger partial charge >= 0.3 is 11.9 Å². The van der Waals surface area contributed by atoms with Gasteiger partial charge in [0.05, 0.1) is 0 Å². The number of aryl methyl sites for hydroxylation is 2. The molecule has 0 amide bonds. The lowest BCUT2D eigenvalue weighted by Crippen LogP contribution is -2.04. The molecular weight excluding hydrogens is 472 g/mol. The lowest BCUT2D eigenvalue weighted by molar-refractivity contribution is -0.132. The highest BCUT2D eigenvalue weighted by Crippen LogP contribution is 2.50. The number of hydrogen-bond donors (Lipinski definition) is 0. The lowest BCUT2D eigenvalue weighted by Gasteiger charge is -2.21. The largest absolute Gasteiger partial charge is 0.425 e. The molecule has 0 saturated heterocycles. The fourth-order valence-electron chi connectivity index (χ4n) is 5.55. The standard InChI is InChI=1S/C34H26O4/c1-19-13-15-27-29(17-19)31(23-9-5-7-11-25(23)33(27)37-21(3)35)32-24-10-6-8-12-26(24)34(38-22(4)36)28-16-14-20(2)18-30(28)32/h5-18H,1-4H3. The van der Waals surface area contributed by atoms with Crippen LogP contribution in [0.15, 0.2) is 84.9 Å². The fourth-order valence-corrected chi connectivity index (χ4v) is 5.55. The zero-order valence-electron chi connectivity index (χ0n) is 21.7. The minimum atomic E-state index is -0.359. The number of esters is 2. The lowest BCUT2D eigenvalue weighted by atomic mass is 9.84. The first-order chi connectivity index (χ1) is 18.3. The molecule has 0 saturated carbocycles. The minimum absolute atomic E-state index is 0.359. The third-order valence-corrected chi connectivity index (χ3v) is 7.00. The van der Waals surface area contributed by atoms with E-state index in [1.807, 2.05) is 60.7 Å². The number of rotatable bonds is 3. The van der Waals surface area contributed by atoms with Crippen molar-refractivity contribution in [2.45, 2.75) is 27.7 Å². The van der Waals surface area contributed by atoms with Gasteiger partial charge in [0.15, 0.2) is 0 Å². The Labute approximate surface area is 220 Å². The van der Waals surface area contributed by atoms with Crippen LogP contribution in [0.4, 0.5) is 0 Å². The maximum atomic E-state index is 12.2. The highest BCUT2D eigenvalue weighted by molar-refractivity contribution is 6.27. The van der Waals surface area contributed by atoms with Crippen LogP contribution in [0.1, 0.15) is 25.0 Å². The summed E-state index contributed by atoms with van der Waals surface area (Å²) < 4.78 is 11.7. The van der Waals surface area contributed by atoms with Gasteiger partial charge < -0.3 is 9.47 Å². The van der Waals surface area contributed by atoms with E-state index >= 15 is 0 Å². The molecular formula is C34H26O4. The molecule has 0 spiro atoms. The molecule has 0 radical (unpaired) electrons. The molecule has 6 aromatic rings. The van der Waals surface area contributed by atoms with Crippen LogP contribution in [0.5, 0.6) is 11.5 Å². The SMILES string of the molecule is CC(=O)Oc1c2ccccc2c(-c2c3ccccc3c(OC(C)=O)c3ccc(C)cc23)c2cc(C)ccc12. The molecule has 0 atom stereocenters. The Morgan fingerprint density at radius 1 is 0.474 bits per heavy atom. The topological polar surface area (TPSA) is 52.6 Å². The number of ether oxygens (including phenoxy) is 2. The Hall–Kier alpha value is -4.70. The van der Waals surface area contributed by atoms with Crippen molar-refractivity contribution in [3.05, 3.63) is 96.1 Å². The van der Waals surface area contributed by atoms with Crippen molar-refractivity contribution < 1.29 is 19.1 Å². The summed E-state index contributed by atoms with van der Waals surface area (Å²) in [5.41, 5.74) is 4.31. The maximum Gasteiger partial charge on any atom is 0.308 e. The van der Waals surface area contributed by atoms with Crippen molar-refractivity contribution >= 4 is 55.0 Å². The second-order valence-corrected chi connectivity index (χ2v) is 9.78. The van der Waals surface area contributed by atoms with Crippen LogP contribution in [0, 0.1) is 13.8 Å². The predicted molar refractivity (Wildman–Crippen MR) is 154 cm³/mol. The quantitative estimate of drug-likeness (QED) is 0.140. The van der Waals surface area contributed by atoms with E-state index in [2.05, 4.69) is 38.1 Å². The molecule has 6 aromatic carbocycles. The molecule has 0 unspecified atom stereocenters. The first kappa shape index (κ1) is 23.7. The second-order valence-electron chi connectivity index (χ2n) is 9.78. The van der Waals surface area contributed by atoms with Crippen LogP contribution < -0.4 is 9.47 Å². The number of carbonyl (C=O) groups is 2. The Kier molecular flexibility index (Phi) is 5.61. The molecule has 0 heterocycles. The van der Waals surface area contributed by atoms with Gasteiger partial charge in [0, 0.05) is 35.4 Å². The van der Waals surface area contributed by atoms with Gasteiger partial charge in [0.1, 0.15) is 11.5 Å².